The van der Waals surface area contributed by atoms with Crippen LogP contribution < -0.4 is 25.8 Å². The van der Waals surface area contributed by atoms with Gasteiger partial charge in [-0.05, 0) is 24.3 Å². The molecule has 172 valence electrons. The molecule has 0 bridgehead atoms. The second-order valence-corrected chi connectivity index (χ2v) is 7.65. The topological polar surface area (TPSA) is 128 Å². The molecule has 1 aromatic carbocycles. The zero-order valence-electron chi connectivity index (χ0n) is 17.9. The number of esters is 1. The highest BCUT2D eigenvalue weighted by Crippen LogP contribution is 2.27. The molecule has 0 spiro atoms. The van der Waals surface area contributed by atoms with E-state index < -0.39 is 0 Å². The van der Waals surface area contributed by atoms with Crippen molar-refractivity contribution < 1.29 is 19.1 Å². The number of anilines is 3. The van der Waals surface area contributed by atoms with Gasteiger partial charge in [-0.25, -0.2) is 4.98 Å². The Morgan fingerprint density at radius 1 is 1.30 bits per heavy atom. The van der Waals surface area contributed by atoms with E-state index in [1.807, 2.05) is 0 Å². The number of pyridine rings is 1. The molecule has 11 nitrogen and oxygen atoms in total. The summed E-state index contributed by atoms with van der Waals surface area (Å²) in [5, 5.41) is 6.60. The van der Waals surface area contributed by atoms with Crippen LogP contribution >= 0.6 is 11.6 Å². The minimum absolute atomic E-state index is 0.0594. The van der Waals surface area contributed by atoms with Gasteiger partial charge in [-0.1, -0.05) is 11.6 Å². The van der Waals surface area contributed by atoms with E-state index in [2.05, 4.69) is 20.6 Å². The van der Waals surface area contributed by atoms with Gasteiger partial charge in [0, 0.05) is 25.2 Å². The van der Waals surface area contributed by atoms with Crippen LogP contribution in [0.3, 0.4) is 0 Å². The molecule has 12 heteroatoms. The van der Waals surface area contributed by atoms with Crippen LogP contribution in [0, 0.1) is 0 Å². The smallest absolute Gasteiger partial charge is 0.325 e. The van der Waals surface area contributed by atoms with Crippen molar-refractivity contribution in [1.29, 1.82) is 0 Å². The molecule has 2 N–H and O–H groups in total. The maximum atomic E-state index is 12.5. The van der Waals surface area contributed by atoms with Crippen molar-refractivity contribution in [2.45, 2.75) is 0 Å². The summed E-state index contributed by atoms with van der Waals surface area (Å²) < 4.78 is 11.8. The number of hydrogen-bond donors (Lipinski definition) is 2. The van der Waals surface area contributed by atoms with E-state index in [0.29, 0.717) is 39.9 Å². The fraction of sp³-hybridized carbons (Fsp3) is 0.286. The zero-order chi connectivity index (χ0) is 23.5. The summed E-state index contributed by atoms with van der Waals surface area (Å²) in [5.74, 6) is 0.0882. The Hall–Kier alpha value is -3.86. The van der Waals surface area contributed by atoms with Gasteiger partial charge in [0.2, 0.25) is 5.95 Å². The minimum atomic E-state index is -0.351. The number of carbonyl (C=O) groups excluding carboxylic acids is 2. The van der Waals surface area contributed by atoms with E-state index in [4.69, 9.17) is 21.1 Å². The van der Waals surface area contributed by atoms with Gasteiger partial charge >= 0.3 is 5.97 Å². The molecule has 4 rings (SSSR count). The first-order valence-corrected chi connectivity index (χ1v) is 10.4. The fourth-order valence-electron chi connectivity index (χ4n) is 3.31. The van der Waals surface area contributed by atoms with E-state index in [9.17, 15) is 14.4 Å². The number of halogens is 1. The van der Waals surface area contributed by atoms with Crippen LogP contribution in [0.5, 0.6) is 5.75 Å². The Morgan fingerprint density at radius 2 is 2.12 bits per heavy atom. The van der Waals surface area contributed by atoms with Gasteiger partial charge in [-0.15, -0.1) is 0 Å². The Labute approximate surface area is 193 Å². The first-order chi connectivity index (χ1) is 15.9. The molecule has 0 radical (unpaired) electrons. The Kier molecular flexibility index (Phi) is 6.31. The number of amides is 1. The maximum absolute atomic E-state index is 12.5. The molecule has 3 heterocycles. The van der Waals surface area contributed by atoms with Crippen molar-refractivity contribution in [1.82, 2.24) is 19.9 Å². The molecular weight excluding hydrogens is 452 g/mol. The van der Waals surface area contributed by atoms with Crippen LogP contribution in [0.25, 0.3) is 10.9 Å². The van der Waals surface area contributed by atoms with E-state index in [1.54, 1.807) is 36.2 Å². The van der Waals surface area contributed by atoms with Crippen LogP contribution in [-0.4, -0.2) is 59.8 Å². The van der Waals surface area contributed by atoms with Gasteiger partial charge in [0.05, 0.1) is 18.3 Å². The third kappa shape index (κ3) is 4.82. The molecule has 0 unspecified atom stereocenters. The van der Waals surface area contributed by atoms with Crippen LogP contribution in [0.1, 0.15) is 0 Å². The molecule has 1 aliphatic rings. The number of morpholine rings is 1. The predicted molar refractivity (Wildman–Crippen MR) is 122 cm³/mol. The number of fused-ring (bicyclic) bond motifs is 1. The number of nitrogens with one attached hydrogen (secondary N) is 2. The number of cyclic esters (lactones) is 1. The van der Waals surface area contributed by atoms with Crippen LogP contribution in [0.2, 0.25) is 5.02 Å². The number of carbonyl (C=O) groups is 2. The monoisotopic (exact) mass is 472 g/mol. The summed E-state index contributed by atoms with van der Waals surface area (Å²) in [6, 6.07) is 6.94. The lowest BCUT2D eigenvalue weighted by molar-refractivity contribution is -0.143. The summed E-state index contributed by atoms with van der Waals surface area (Å²) in [6.07, 6.45) is 1.46. The zero-order valence-corrected chi connectivity index (χ0v) is 18.7. The first-order valence-electron chi connectivity index (χ1n) is 10.0. The van der Waals surface area contributed by atoms with E-state index in [1.165, 1.54) is 17.8 Å². The SMILES string of the molecule is CNC(=O)COc1cc2cc(Nc3nc(N4CCOC(=O)C4)ncc3Cl)ccc2n(C)c1=O. The van der Waals surface area contributed by atoms with Crippen molar-refractivity contribution in [2.24, 2.45) is 7.05 Å². The van der Waals surface area contributed by atoms with Crippen LogP contribution in [0.15, 0.2) is 35.3 Å². The number of likely N-dealkylation sites (N-methyl/N-ethyl adjacent to an activating group) is 1. The summed E-state index contributed by atoms with van der Waals surface area (Å²) >= 11 is 6.29. The maximum Gasteiger partial charge on any atom is 0.325 e. The quantitative estimate of drug-likeness (QED) is 0.509. The second-order valence-electron chi connectivity index (χ2n) is 7.24. The number of ether oxygens (including phenoxy) is 2. The number of rotatable bonds is 6. The lowest BCUT2D eigenvalue weighted by atomic mass is 10.2. The lowest BCUT2D eigenvalue weighted by Gasteiger charge is -2.26. The highest BCUT2D eigenvalue weighted by atomic mass is 35.5. The van der Waals surface area contributed by atoms with E-state index >= 15 is 0 Å². The summed E-state index contributed by atoms with van der Waals surface area (Å²) in [5.41, 5.74) is 0.984. The molecule has 1 saturated heterocycles. The molecule has 1 amide bonds. The van der Waals surface area contributed by atoms with Crippen molar-refractivity contribution in [3.05, 3.63) is 45.8 Å². The van der Waals surface area contributed by atoms with Crippen molar-refractivity contribution in [2.75, 3.05) is 43.6 Å². The van der Waals surface area contributed by atoms with Crippen molar-refractivity contribution >= 4 is 51.8 Å². The third-order valence-electron chi connectivity index (χ3n) is 5.05. The first kappa shape index (κ1) is 22.3. The molecule has 2 aromatic heterocycles. The van der Waals surface area contributed by atoms with Gasteiger partial charge in [-0.3, -0.25) is 14.4 Å². The van der Waals surface area contributed by atoms with E-state index in [-0.39, 0.29) is 42.9 Å². The fourth-order valence-corrected chi connectivity index (χ4v) is 3.44. The minimum Gasteiger partial charge on any atom is -0.478 e. The number of aryl methyl sites for hydroxylation is 1. The number of hydrogen-bond acceptors (Lipinski definition) is 9. The number of aromatic nitrogens is 3. The summed E-state index contributed by atoms with van der Waals surface area (Å²) in [7, 11) is 3.12. The highest BCUT2D eigenvalue weighted by Gasteiger charge is 2.21. The van der Waals surface area contributed by atoms with Gasteiger partial charge in [-0.2, -0.15) is 4.98 Å². The molecule has 3 aromatic rings. The Bertz CT molecular complexity index is 1290. The molecule has 0 aliphatic carbocycles. The summed E-state index contributed by atoms with van der Waals surface area (Å²) in [6.45, 7) is 0.541. The predicted octanol–water partition coefficient (Wildman–Crippen LogP) is 1.21. The Balaban J connectivity index is 1.63. The molecule has 33 heavy (non-hydrogen) atoms. The largest absolute Gasteiger partial charge is 0.478 e. The van der Waals surface area contributed by atoms with Gasteiger partial charge in [0.25, 0.3) is 11.5 Å². The molecule has 0 saturated carbocycles. The van der Waals surface area contributed by atoms with Gasteiger partial charge in [0.15, 0.2) is 18.2 Å². The standard InChI is InChI=1S/C21H21ClN6O5/c1-23-17(29)11-33-16-8-12-7-13(3-4-15(12)27(2)20(16)31)25-19-14(22)9-24-21(26-19)28-5-6-32-18(30)10-28/h3-4,7-9H,5-6,10-11H2,1-2H3,(H,23,29)(H,24,25,26). The number of nitrogens with zero attached hydrogens (tertiary/aromatic N) is 4. The van der Waals surface area contributed by atoms with Gasteiger partial charge in [0.1, 0.15) is 18.2 Å². The molecule has 1 fully saturated rings. The van der Waals surface area contributed by atoms with Crippen LogP contribution in [-0.2, 0) is 21.4 Å². The van der Waals surface area contributed by atoms with Crippen LogP contribution in [0.4, 0.5) is 17.5 Å². The third-order valence-corrected chi connectivity index (χ3v) is 5.33. The van der Waals surface area contributed by atoms with Crippen molar-refractivity contribution in [3.63, 3.8) is 0 Å². The average molecular weight is 473 g/mol. The van der Waals surface area contributed by atoms with Gasteiger partial charge < -0.3 is 29.6 Å². The van der Waals surface area contributed by atoms with Crippen molar-refractivity contribution in [3.8, 4) is 5.75 Å². The molecule has 0 atom stereocenters. The normalized spacial score (nSPS) is 13.5. The molecular formula is C21H21ClN6O5. The highest BCUT2D eigenvalue weighted by molar-refractivity contribution is 6.32. The Morgan fingerprint density at radius 3 is 2.88 bits per heavy atom. The van der Waals surface area contributed by atoms with E-state index in [0.717, 1.165) is 0 Å². The second kappa shape index (κ2) is 9.33. The molecule has 1 aliphatic heterocycles. The number of benzene rings is 1. The lowest BCUT2D eigenvalue weighted by Crippen LogP contribution is -2.40. The summed E-state index contributed by atoms with van der Waals surface area (Å²) in [4.78, 5) is 46.0. The average Bonchev–Trinajstić information content (AvgIpc) is 2.81.